The smallest absolute Gasteiger partial charge is 0.193 e. The molecule has 224 valence electrons. The second-order valence-electron chi connectivity index (χ2n) is 11.6. The molecule has 0 fully saturated rings. The van der Waals surface area contributed by atoms with Crippen molar-refractivity contribution in [2.75, 3.05) is 36.0 Å². The lowest BCUT2D eigenvalue weighted by atomic mass is 10.0. The number of ketones is 1. The molecule has 0 aliphatic heterocycles. The van der Waals surface area contributed by atoms with Gasteiger partial charge in [0.2, 0.25) is 0 Å². The number of nitrogens with zero attached hydrogens (tertiary/aromatic N) is 2. The Morgan fingerprint density at radius 1 is 0.425 bits per heavy atom. The highest BCUT2D eigenvalue weighted by Crippen LogP contribution is 2.22. The van der Waals surface area contributed by atoms with E-state index in [-0.39, 0.29) is 5.78 Å². The van der Waals surface area contributed by atoms with Crippen LogP contribution in [0.2, 0.25) is 0 Å². The fourth-order valence-electron chi connectivity index (χ4n) is 5.47. The Bertz CT molecular complexity index is 792. The van der Waals surface area contributed by atoms with Crippen LogP contribution in [-0.4, -0.2) is 32.0 Å². The summed E-state index contributed by atoms with van der Waals surface area (Å²) >= 11 is 0. The monoisotopic (exact) mass is 548 g/mol. The number of rotatable bonds is 24. The van der Waals surface area contributed by atoms with Gasteiger partial charge >= 0.3 is 0 Å². The van der Waals surface area contributed by atoms with E-state index in [4.69, 9.17) is 0 Å². The van der Waals surface area contributed by atoms with Crippen LogP contribution in [0.1, 0.15) is 146 Å². The molecule has 0 amide bonds. The Hall–Kier alpha value is -2.29. The molecule has 0 unspecified atom stereocenters. The molecule has 0 saturated heterocycles. The Labute approximate surface area is 247 Å². The third-order valence-corrected chi connectivity index (χ3v) is 8.12. The highest BCUT2D eigenvalue weighted by Gasteiger charge is 2.13. The number of unbranched alkanes of at least 4 members (excludes halogenated alkanes) is 12. The first-order valence-corrected chi connectivity index (χ1v) is 16.9. The van der Waals surface area contributed by atoms with Crippen molar-refractivity contribution < 1.29 is 4.79 Å². The number of hydrogen-bond acceptors (Lipinski definition) is 3. The zero-order valence-corrected chi connectivity index (χ0v) is 26.6. The maximum atomic E-state index is 13.4. The molecule has 0 radical (unpaired) electrons. The summed E-state index contributed by atoms with van der Waals surface area (Å²) in [5.41, 5.74) is 4.07. The van der Waals surface area contributed by atoms with Gasteiger partial charge in [-0.05, 0) is 74.2 Å². The van der Waals surface area contributed by atoms with Gasteiger partial charge in [-0.15, -0.1) is 0 Å². The van der Waals surface area contributed by atoms with E-state index < -0.39 is 0 Å². The molecule has 0 aliphatic carbocycles. The van der Waals surface area contributed by atoms with Crippen LogP contribution in [0.25, 0.3) is 0 Å². The molecule has 0 spiro atoms. The van der Waals surface area contributed by atoms with Gasteiger partial charge in [-0.2, -0.15) is 0 Å². The summed E-state index contributed by atoms with van der Waals surface area (Å²) in [6.07, 6.45) is 20.5. The number of hydrogen-bond donors (Lipinski definition) is 0. The minimum Gasteiger partial charge on any atom is -0.372 e. The van der Waals surface area contributed by atoms with Crippen molar-refractivity contribution in [1.82, 2.24) is 0 Å². The third-order valence-electron chi connectivity index (χ3n) is 8.12. The molecule has 3 nitrogen and oxygen atoms in total. The van der Waals surface area contributed by atoms with E-state index in [0.717, 1.165) is 37.3 Å². The first-order chi connectivity index (χ1) is 19.6. The Morgan fingerprint density at radius 3 is 0.950 bits per heavy atom. The molecule has 2 aromatic carbocycles. The van der Waals surface area contributed by atoms with Crippen LogP contribution in [0, 0.1) is 0 Å². The zero-order chi connectivity index (χ0) is 28.8. The predicted octanol–water partition coefficient (Wildman–Crippen LogP) is 10.9. The fraction of sp³-hybridized carbons (Fsp3) is 0.649. The summed E-state index contributed by atoms with van der Waals surface area (Å²) in [4.78, 5) is 18.4. The first-order valence-electron chi connectivity index (χ1n) is 16.9. The number of carbonyl (C=O) groups is 1. The topological polar surface area (TPSA) is 23.6 Å². The molecule has 2 aromatic rings. The lowest BCUT2D eigenvalue weighted by Gasteiger charge is -2.25. The molecule has 0 heterocycles. The van der Waals surface area contributed by atoms with Crippen molar-refractivity contribution in [1.29, 1.82) is 0 Å². The normalized spacial score (nSPS) is 11.1. The van der Waals surface area contributed by atoms with E-state index in [2.05, 4.69) is 61.8 Å². The van der Waals surface area contributed by atoms with Crippen LogP contribution in [0.3, 0.4) is 0 Å². The van der Waals surface area contributed by atoms with Crippen molar-refractivity contribution in [3.63, 3.8) is 0 Å². The van der Waals surface area contributed by atoms with Crippen molar-refractivity contribution in [3.05, 3.63) is 59.7 Å². The molecule has 0 saturated carbocycles. The number of benzene rings is 2. The third kappa shape index (κ3) is 12.9. The Morgan fingerprint density at radius 2 is 0.700 bits per heavy atom. The molecular weight excluding hydrogens is 488 g/mol. The average molecular weight is 549 g/mol. The van der Waals surface area contributed by atoms with Crippen molar-refractivity contribution in [2.45, 2.75) is 130 Å². The zero-order valence-electron chi connectivity index (χ0n) is 26.6. The Balaban J connectivity index is 2.04. The quantitative estimate of drug-likeness (QED) is 0.0962. The molecule has 0 bridgehead atoms. The molecule has 0 atom stereocenters. The fourth-order valence-corrected chi connectivity index (χ4v) is 5.47. The minimum atomic E-state index is 0.119. The molecule has 0 N–H and O–H groups in total. The minimum absolute atomic E-state index is 0.119. The van der Waals surface area contributed by atoms with Crippen LogP contribution in [-0.2, 0) is 0 Å². The van der Waals surface area contributed by atoms with Gasteiger partial charge in [-0.25, -0.2) is 0 Å². The highest BCUT2D eigenvalue weighted by molar-refractivity contribution is 6.09. The van der Waals surface area contributed by atoms with Gasteiger partial charge in [0.05, 0.1) is 0 Å². The lowest BCUT2D eigenvalue weighted by molar-refractivity contribution is 0.103. The van der Waals surface area contributed by atoms with Gasteiger partial charge in [0.1, 0.15) is 0 Å². The van der Waals surface area contributed by atoms with Crippen LogP contribution < -0.4 is 9.80 Å². The van der Waals surface area contributed by atoms with E-state index in [9.17, 15) is 4.79 Å². The SMILES string of the molecule is CCCCCCN(CCCCCC)c1ccc(C(=O)c2ccc(N(CCCCCC)CCCCCC)cc2)cc1. The van der Waals surface area contributed by atoms with Gasteiger partial charge in [0, 0.05) is 48.7 Å². The molecule has 3 heteroatoms. The maximum absolute atomic E-state index is 13.4. The van der Waals surface area contributed by atoms with Crippen molar-refractivity contribution in [2.24, 2.45) is 0 Å². The van der Waals surface area contributed by atoms with Crippen LogP contribution in [0.5, 0.6) is 0 Å². The summed E-state index contributed by atoms with van der Waals surface area (Å²) in [6.45, 7) is 13.5. The van der Waals surface area contributed by atoms with Gasteiger partial charge in [-0.1, -0.05) is 105 Å². The Kier molecular flexibility index (Phi) is 18.2. The largest absolute Gasteiger partial charge is 0.372 e. The number of anilines is 2. The van der Waals surface area contributed by atoms with E-state index in [1.54, 1.807) is 0 Å². The summed E-state index contributed by atoms with van der Waals surface area (Å²) < 4.78 is 0. The summed E-state index contributed by atoms with van der Waals surface area (Å²) in [7, 11) is 0. The van der Waals surface area contributed by atoms with Gasteiger partial charge in [-0.3, -0.25) is 4.79 Å². The summed E-state index contributed by atoms with van der Waals surface area (Å²) in [5.74, 6) is 0.119. The second kappa shape index (κ2) is 21.5. The van der Waals surface area contributed by atoms with Crippen molar-refractivity contribution >= 4 is 17.2 Å². The van der Waals surface area contributed by atoms with E-state index >= 15 is 0 Å². The number of carbonyl (C=O) groups excluding carboxylic acids is 1. The summed E-state index contributed by atoms with van der Waals surface area (Å²) in [5, 5.41) is 0. The van der Waals surface area contributed by atoms with Gasteiger partial charge in [0.25, 0.3) is 0 Å². The van der Waals surface area contributed by atoms with E-state index in [0.29, 0.717) is 0 Å². The van der Waals surface area contributed by atoms with Crippen LogP contribution in [0.4, 0.5) is 11.4 Å². The second-order valence-corrected chi connectivity index (χ2v) is 11.6. The van der Waals surface area contributed by atoms with Gasteiger partial charge < -0.3 is 9.80 Å². The van der Waals surface area contributed by atoms with Gasteiger partial charge in [0.15, 0.2) is 5.78 Å². The van der Waals surface area contributed by atoms with Crippen LogP contribution >= 0.6 is 0 Å². The predicted molar refractivity (Wildman–Crippen MR) is 177 cm³/mol. The highest BCUT2D eigenvalue weighted by atomic mass is 16.1. The first kappa shape index (κ1) is 33.9. The van der Waals surface area contributed by atoms with E-state index in [1.165, 1.54) is 114 Å². The molecule has 2 rings (SSSR count). The summed E-state index contributed by atoms with van der Waals surface area (Å²) in [6, 6.07) is 16.8. The molecule has 40 heavy (non-hydrogen) atoms. The average Bonchev–Trinajstić information content (AvgIpc) is 2.99. The lowest BCUT2D eigenvalue weighted by Crippen LogP contribution is -2.26. The molecule has 0 aromatic heterocycles. The van der Waals surface area contributed by atoms with Crippen molar-refractivity contribution in [3.8, 4) is 0 Å². The maximum Gasteiger partial charge on any atom is 0.193 e. The van der Waals surface area contributed by atoms with Crippen LogP contribution in [0.15, 0.2) is 48.5 Å². The molecule has 0 aliphatic rings. The molecular formula is C37H60N2O. The van der Waals surface area contributed by atoms with E-state index in [1.807, 2.05) is 24.3 Å². The standard InChI is InChI=1S/C37H60N2O/c1-5-9-13-17-29-38(30-18-14-10-6-2)35-25-21-33(22-26-35)37(40)34-23-27-36(28-24-34)39(31-19-15-11-7-3)32-20-16-12-8-4/h21-28H,5-20,29-32H2,1-4H3.